The first kappa shape index (κ1) is 14.6. The average molecular weight is 267 g/mol. The highest BCUT2D eigenvalue weighted by molar-refractivity contribution is 5.73. The van der Waals surface area contributed by atoms with Crippen LogP contribution in [0, 0.1) is 6.92 Å². The maximum Gasteiger partial charge on any atom is 0.0317 e. The van der Waals surface area contributed by atoms with E-state index < -0.39 is 0 Å². The van der Waals surface area contributed by atoms with E-state index in [1.54, 1.807) is 0 Å². The summed E-state index contributed by atoms with van der Waals surface area (Å²) in [6.45, 7) is 11.1. The number of anilines is 1. The van der Waals surface area contributed by atoms with E-state index in [9.17, 15) is 0 Å². The Morgan fingerprint density at radius 1 is 0.800 bits per heavy atom. The monoisotopic (exact) mass is 267 g/mol. The fourth-order valence-corrected chi connectivity index (χ4v) is 2.65. The Hall–Kier alpha value is -1.76. The third-order valence-electron chi connectivity index (χ3n) is 3.90. The van der Waals surface area contributed by atoms with Crippen LogP contribution in [-0.2, 0) is 0 Å². The molecule has 0 aromatic heterocycles. The minimum absolute atomic E-state index is 0.514. The fraction of sp³-hybridized carbons (Fsp3) is 0.368. The van der Waals surface area contributed by atoms with Gasteiger partial charge in [0, 0.05) is 5.69 Å². The zero-order valence-corrected chi connectivity index (χ0v) is 13.2. The Morgan fingerprint density at radius 2 is 1.45 bits per heavy atom. The fourth-order valence-electron chi connectivity index (χ4n) is 2.65. The molecule has 0 atom stereocenters. The number of hydrogen-bond acceptors (Lipinski definition) is 1. The summed E-state index contributed by atoms with van der Waals surface area (Å²) in [5, 5.41) is 0. The number of nitrogens with two attached hydrogens (primary N) is 1. The van der Waals surface area contributed by atoms with Gasteiger partial charge in [-0.05, 0) is 58.7 Å². The Kier molecular flexibility index (Phi) is 4.17. The van der Waals surface area contributed by atoms with Crippen LogP contribution in [0.15, 0.2) is 36.4 Å². The van der Waals surface area contributed by atoms with Crippen molar-refractivity contribution in [1.29, 1.82) is 0 Å². The summed E-state index contributed by atoms with van der Waals surface area (Å²) in [6.07, 6.45) is 0. The van der Waals surface area contributed by atoms with Gasteiger partial charge in [0.05, 0.1) is 0 Å². The van der Waals surface area contributed by atoms with Gasteiger partial charge < -0.3 is 5.73 Å². The lowest BCUT2D eigenvalue weighted by atomic mass is 9.87. The molecule has 106 valence electrons. The zero-order chi connectivity index (χ0) is 14.9. The molecule has 2 aromatic rings. The molecule has 0 saturated carbocycles. The van der Waals surface area contributed by atoms with Crippen molar-refractivity contribution in [2.75, 3.05) is 5.73 Å². The van der Waals surface area contributed by atoms with Crippen LogP contribution in [0.4, 0.5) is 5.69 Å². The van der Waals surface area contributed by atoms with Crippen molar-refractivity contribution in [3.05, 3.63) is 53.1 Å². The average Bonchev–Trinajstić information content (AvgIpc) is 2.38. The van der Waals surface area contributed by atoms with Crippen molar-refractivity contribution < 1.29 is 0 Å². The molecule has 1 nitrogen and oxygen atoms in total. The lowest BCUT2D eigenvalue weighted by Gasteiger charge is -2.18. The number of benzene rings is 2. The van der Waals surface area contributed by atoms with Gasteiger partial charge in [-0.1, -0.05) is 52.0 Å². The standard InChI is InChI=1S/C19H25N/c1-12(2)15-6-8-18(19(11-15)13(3)4)17-9-7-16(20)10-14(17)5/h6-13H,20H2,1-5H3. The topological polar surface area (TPSA) is 26.0 Å². The molecule has 0 aliphatic heterocycles. The first-order valence-corrected chi connectivity index (χ1v) is 7.40. The van der Waals surface area contributed by atoms with Crippen LogP contribution >= 0.6 is 0 Å². The van der Waals surface area contributed by atoms with E-state index in [-0.39, 0.29) is 0 Å². The second kappa shape index (κ2) is 5.70. The van der Waals surface area contributed by atoms with E-state index in [1.807, 2.05) is 6.07 Å². The molecule has 0 saturated heterocycles. The van der Waals surface area contributed by atoms with Gasteiger partial charge in [0.15, 0.2) is 0 Å². The second-order valence-electron chi connectivity index (χ2n) is 6.23. The highest BCUT2D eigenvalue weighted by Gasteiger charge is 2.12. The third-order valence-corrected chi connectivity index (χ3v) is 3.90. The third kappa shape index (κ3) is 2.87. The summed E-state index contributed by atoms with van der Waals surface area (Å²) in [6, 6.07) is 13.1. The molecular formula is C19H25N. The van der Waals surface area contributed by atoms with Crippen LogP contribution in [0.3, 0.4) is 0 Å². The number of hydrogen-bond donors (Lipinski definition) is 1. The van der Waals surface area contributed by atoms with Gasteiger partial charge in [0.25, 0.3) is 0 Å². The van der Waals surface area contributed by atoms with Gasteiger partial charge in [-0.25, -0.2) is 0 Å². The molecule has 0 radical (unpaired) electrons. The van der Waals surface area contributed by atoms with Crippen LogP contribution in [0.1, 0.15) is 56.2 Å². The number of aryl methyl sites for hydroxylation is 1. The van der Waals surface area contributed by atoms with Gasteiger partial charge in [0.2, 0.25) is 0 Å². The molecule has 0 aliphatic rings. The predicted octanol–water partition coefficient (Wildman–Crippen LogP) is 5.49. The first-order valence-electron chi connectivity index (χ1n) is 7.40. The van der Waals surface area contributed by atoms with Gasteiger partial charge in [-0.15, -0.1) is 0 Å². The van der Waals surface area contributed by atoms with Gasteiger partial charge in [-0.2, -0.15) is 0 Å². The quantitative estimate of drug-likeness (QED) is 0.731. The van der Waals surface area contributed by atoms with Crippen LogP contribution < -0.4 is 5.73 Å². The van der Waals surface area contributed by atoms with Gasteiger partial charge in [-0.3, -0.25) is 0 Å². The normalized spacial score (nSPS) is 11.3. The van der Waals surface area contributed by atoms with Crippen LogP contribution in [-0.4, -0.2) is 0 Å². The highest BCUT2D eigenvalue weighted by atomic mass is 14.5. The van der Waals surface area contributed by atoms with Crippen molar-refractivity contribution in [2.24, 2.45) is 0 Å². The summed E-state index contributed by atoms with van der Waals surface area (Å²) in [4.78, 5) is 0. The summed E-state index contributed by atoms with van der Waals surface area (Å²) in [7, 11) is 0. The summed E-state index contributed by atoms with van der Waals surface area (Å²) >= 11 is 0. The van der Waals surface area contributed by atoms with E-state index in [1.165, 1.54) is 27.8 Å². The molecule has 2 N–H and O–H groups in total. The SMILES string of the molecule is Cc1cc(N)ccc1-c1ccc(C(C)C)cc1C(C)C. The Morgan fingerprint density at radius 3 is 2.00 bits per heavy atom. The van der Waals surface area contributed by atoms with Crippen molar-refractivity contribution in [3.8, 4) is 11.1 Å². The largest absolute Gasteiger partial charge is 0.399 e. The Balaban J connectivity index is 2.61. The van der Waals surface area contributed by atoms with Crippen molar-refractivity contribution in [2.45, 2.75) is 46.5 Å². The summed E-state index contributed by atoms with van der Waals surface area (Å²) < 4.78 is 0. The lowest BCUT2D eigenvalue weighted by Crippen LogP contribution is -1.98. The van der Waals surface area contributed by atoms with Crippen molar-refractivity contribution >= 4 is 5.69 Å². The summed E-state index contributed by atoms with van der Waals surface area (Å²) in [5.41, 5.74) is 13.4. The van der Waals surface area contributed by atoms with Crippen LogP contribution in [0.25, 0.3) is 11.1 Å². The molecule has 0 heterocycles. The smallest absolute Gasteiger partial charge is 0.0317 e. The second-order valence-corrected chi connectivity index (χ2v) is 6.23. The molecule has 2 rings (SSSR count). The molecule has 2 aromatic carbocycles. The van der Waals surface area contributed by atoms with Crippen molar-refractivity contribution in [3.63, 3.8) is 0 Å². The van der Waals surface area contributed by atoms with E-state index in [0.717, 1.165) is 5.69 Å². The maximum absolute atomic E-state index is 5.87. The molecule has 0 unspecified atom stereocenters. The maximum atomic E-state index is 5.87. The highest BCUT2D eigenvalue weighted by Crippen LogP contribution is 2.34. The molecule has 0 bridgehead atoms. The predicted molar refractivity (Wildman–Crippen MR) is 89.2 cm³/mol. The van der Waals surface area contributed by atoms with Gasteiger partial charge in [0.1, 0.15) is 0 Å². The van der Waals surface area contributed by atoms with Crippen LogP contribution in [0.2, 0.25) is 0 Å². The number of nitrogen functional groups attached to an aromatic ring is 1. The van der Waals surface area contributed by atoms with Crippen LogP contribution in [0.5, 0.6) is 0 Å². The molecule has 20 heavy (non-hydrogen) atoms. The molecule has 0 spiro atoms. The molecule has 0 fully saturated rings. The molecule has 1 heteroatoms. The molecular weight excluding hydrogens is 242 g/mol. The van der Waals surface area contributed by atoms with Gasteiger partial charge >= 0.3 is 0 Å². The first-order chi connectivity index (χ1) is 9.40. The Labute approximate surface area is 122 Å². The van der Waals surface area contributed by atoms with Crippen molar-refractivity contribution in [1.82, 2.24) is 0 Å². The Bertz CT molecular complexity index is 609. The molecule has 0 aliphatic carbocycles. The molecule has 0 amide bonds. The minimum atomic E-state index is 0.514. The lowest BCUT2D eigenvalue weighted by molar-refractivity contribution is 0.835. The minimum Gasteiger partial charge on any atom is -0.399 e. The zero-order valence-electron chi connectivity index (χ0n) is 13.2. The van der Waals surface area contributed by atoms with E-state index in [0.29, 0.717) is 11.8 Å². The van der Waals surface area contributed by atoms with E-state index >= 15 is 0 Å². The van der Waals surface area contributed by atoms with E-state index in [4.69, 9.17) is 5.73 Å². The number of rotatable bonds is 3. The summed E-state index contributed by atoms with van der Waals surface area (Å²) in [5.74, 6) is 1.08. The van der Waals surface area contributed by atoms with E-state index in [2.05, 4.69) is 65.0 Å².